The SMILES string of the molecule is Oc1cccc(-c2cc3ncccc3c(Cl)n2)c1. The van der Waals surface area contributed by atoms with Crippen LogP contribution in [0.25, 0.3) is 22.2 Å². The molecule has 0 fully saturated rings. The van der Waals surface area contributed by atoms with E-state index in [1.165, 1.54) is 0 Å². The maximum Gasteiger partial charge on any atom is 0.139 e. The van der Waals surface area contributed by atoms with E-state index < -0.39 is 0 Å². The zero-order valence-corrected chi connectivity index (χ0v) is 10.1. The van der Waals surface area contributed by atoms with Crippen molar-refractivity contribution in [1.82, 2.24) is 9.97 Å². The third kappa shape index (κ3) is 1.89. The molecule has 1 aromatic carbocycles. The maximum atomic E-state index is 9.48. The predicted octanol–water partition coefficient (Wildman–Crippen LogP) is 3.66. The third-order valence-corrected chi connectivity index (χ3v) is 2.98. The first kappa shape index (κ1) is 11.0. The zero-order valence-electron chi connectivity index (χ0n) is 9.34. The lowest BCUT2D eigenvalue weighted by molar-refractivity contribution is 0.475. The third-order valence-electron chi connectivity index (χ3n) is 2.69. The Morgan fingerprint density at radius 3 is 2.78 bits per heavy atom. The predicted molar refractivity (Wildman–Crippen MR) is 71.6 cm³/mol. The van der Waals surface area contributed by atoms with E-state index in [-0.39, 0.29) is 5.75 Å². The molecule has 0 radical (unpaired) electrons. The number of hydrogen-bond donors (Lipinski definition) is 1. The van der Waals surface area contributed by atoms with Gasteiger partial charge in [-0.05, 0) is 30.3 Å². The summed E-state index contributed by atoms with van der Waals surface area (Å²) in [6, 6.07) is 12.5. The topological polar surface area (TPSA) is 46.0 Å². The van der Waals surface area contributed by atoms with Crippen molar-refractivity contribution in [2.75, 3.05) is 0 Å². The Kier molecular flexibility index (Phi) is 2.61. The lowest BCUT2D eigenvalue weighted by atomic mass is 10.1. The highest BCUT2D eigenvalue weighted by molar-refractivity contribution is 6.34. The average Bonchev–Trinajstić information content (AvgIpc) is 2.39. The summed E-state index contributed by atoms with van der Waals surface area (Å²) < 4.78 is 0. The molecule has 3 rings (SSSR count). The Labute approximate surface area is 109 Å². The van der Waals surface area contributed by atoms with Gasteiger partial charge in [-0.25, -0.2) is 4.98 Å². The van der Waals surface area contributed by atoms with E-state index in [0.29, 0.717) is 10.8 Å². The molecule has 0 saturated heterocycles. The minimum atomic E-state index is 0.201. The van der Waals surface area contributed by atoms with E-state index in [2.05, 4.69) is 9.97 Å². The molecule has 3 nitrogen and oxygen atoms in total. The number of aromatic nitrogens is 2. The minimum absolute atomic E-state index is 0.201. The van der Waals surface area contributed by atoms with E-state index in [9.17, 15) is 5.11 Å². The number of nitrogens with zero attached hydrogens (tertiary/aromatic N) is 2. The van der Waals surface area contributed by atoms with Crippen molar-refractivity contribution in [1.29, 1.82) is 0 Å². The van der Waals surface area contributed by atoms with E-state index in [1.807, 2.05) is 24.3 Å². The highest BCUT2D eigenvalue weighted by atomic mass is 35.5. The Morgan fingerprint density at radius 2 is 1.94 bits per heavy atom. The van der Waals surface area contributed by atoms with Crippen molar-refractivity contribution < 1.29 is 5.11 Å². The molecule has 0 spiro atoms. The van der Waals surface area contributed by atoms with E-state index in [0.717, 1.165) is 16.5 Å². The first-order valence-electron chi connectivity index (χ1n) is 5.45. The Hall–Kier alpha value is -2.13. The normalized spacial score (nSPS) is 10.7. The summed E-state index contributed by atoms with van der Waals surface area (Å²) in [7, 11) is 0. The van der Waals surface area contributed by atoms with Gasteiger partial charge in [-0.3, -0.25) is 4.98 Å². The Balaban J connectivity index is 2.24. The number of phenolic OH excluding ortho intramolecular Hbond substituents is 1. The number of benzene rings is 1. The van der Waals surface area contributed by atoms with Crippen LogP contribution in [-0.4, -0.2) is 15.1 Å². The van der Waals surface area contributed by atoms with Crippen LogP contribution in [0.1, 0.15) is 0 Å². The molecule has 2 heterocycles. The lowest BCUT2D eigenvalue weighted by Gasteiger charge is -2.05. The molecule has 0 aliphatic heterocycles. The second-order valence-corrected chi connectivity index (χ2v) is 4.28. The highest BCUT2D eigenvalue weighted by Crippen LogP contribution is 2.27. The quantitative estimate of drug-likeness (QED) is 0.676. The van der Waals surface area contributed by atoms with Crippen LogP contribution in [0.5, 0.6) is 5.75 Å². The van der Waals surface area contributed by atoms with Crippen molar-refractivity contribution in [2.45, 2.75) is 0 Å². The van der Waals surface area contributed by atoms with Gasteiger partial charge >= 0.3 is 0 Å². The molecule has 88 valence electrons. The van der Waals surface area contributed by atoms with Gasteiger partial charge in [0.05, 0.1) is 11.2 Å². The molecule has 0 atom stereocenters. The van der Waals surface area contributed by atoms with Crippen LogP contribution in [0, 0.1) is 0 Å². The number of pyridine rings is 2. The van der Waals surface area contributed by atoms with Crippen molar-refractivity contribution in [2.24, 2.45) is 0 Å². The summed E-state index contributed by atoms with van der Waals surface area (Å²) >= 11 is 6.14. The summed E-state index contributed by atoms with van der Waals surface area (Å²) in [6.45, 7) is 0. The minimum Gasteiger partial charge on any atom is -0.508 e. The van der Waals surface area contributed by atoms with Crippen LogP contribution < -0.4 is 0 Å². The number of halogens is 1. The van der Waals surface area contributed by atoms with Crippen molar-refractivity contribution in [3.8, 4) is 17.0 Å². The fourth-order valence-electron chi connectivity index (χ4n) is 1.85. The molecule has 4 heteroatoms. The summed E-state index contributed by atoms with van der Waals surface area (Å²) in [5, 5.41) is 10.7. The molecule has 0 aliphatic carbocycles. The monoisotopic (exact) mass is 256 g/mol. The van der Waals surface area contributed by atoms with E-state index in [1.54, 1.807) is 24.4 Å². The van der Waals surface area contributed by atoms with Crippen molar-refractivity contribution >= 4 is 22.5 Å². The largest absolute Gasteiger partial charge is 0.508 e. The molecule has 0 aliphatic rings. The number of fused-ring (bicyclic) bond motifs is 1. The lowest BCUT2D eigenvalue weighted by Crippen LogP contribution is -1.88. The molecule has 0 saturated carbocycles. The van der Waals surface area contributed by atoms with Crippen molar-refractivity contribution in [3.63, 3.8) is 0 Å². The van der Waals surface area contributed by atoms with Crippen LogP contribution in [0.15, 0.2) is 48.7 Å². The Bertz CT molecular complexity index is 728. The number of phenols is 1. The number of aromatic hydroxyl groups is 1. The van der Waals surface area contributed by atoms with Gasteiger partial charge in [0, 0.05) is 17.1 Å². The molecule has 2 aromatic heterocycles. The van der Waals surface area contributed by atoms with Crippen LogP contribution in [0.2, 0.25) is 5.15 Å². The van der Waals surface area contributed by atoms with E-state index >= 15 is 0 Å². The summed E-state index contributed by atoms with van der Waals surface area (Å²) in [4.78, 5) is 8.59. The van der Waals surface area contributed by atoms with Gasteiger partial charge in [0.25, 0.3) is 0 Å². The van der Waals surface area contributed by atoms with Gasteiger partial charge in [-0.2, -0.15) is 0 Å². The smallest absolute Gasteiger partial charge is 0.139 e. The molecule has 0 unspecified atom stereocenters. The summed E-state index contributed by atoms with van der Waals surface area (Å²) in [5.74, 6) is 0.201. The zero-order chi connectivity index (χ0) is 12.5. The van der Waals surface area contributed by atoms with Gasteiger partial charge in [-0.1, -0.05) is 23.7 Å². The maximum absolute atomic E-state index is 9.48. The average molecular weight is 257 g/mol. The summed E-state index contributed by atoms with van der Waals surface area (Å²) in [5.41, 5.74) is 2.29. The fraction of sp³-hybridized carbons (Fsp3) is 0. The molecule has 0 bridgehead atoms. The molecular formula is C14H9ClN2O. The second kappa shape index (κ2) is 4.27. The van der Waals surface area contributed by atoms with Crippen LogP contribution >= 0.6 is 11.6 Å². The molecular weight excluding hydrogens is 248 g/mol. The summed E-state index contributed by atoms with van der Waals surface area (Å²) in [6.07, 6.45) is 1.71. The van der Waals surface area contributed by atoms with E-state index in [4.69, 9.17) is 11.6 Å². The molecule has 0 amide bonds. The fourth-order valence-corrected chi connectivity index (χ4v) is 2.10. The van der Waals surface area contributed by atoms with Crippen LogP contribution in [0.3, 0.4) is 0 Å². The van der Waals surface area contributed by atoms with Crippen LogP contribution in [0.4, 0.5) is 0 Å². The number of rotatable bonds is 1. The first-order valence-corrected chi connectivity index (χ1v) is 5.82. The molecule has 1 N–H and O–H groups in total. The first-order chi connectivity index (χ1) is 8.74. The second-order valence-electron chi connectivity index (χ2n) is 3.92. The molecule has 3 aromatic rings. The highest BCUT2D eigenvalue weighted by Gasteiger charge is 2.07. The van der Waals surface area contributed by atoms with Gasteiger partial charge in [-0.15, -0.1) is 0 Å². The van der Waals surface area contributed by atoms with Gasteiger partial charge in [0.15, 0.2) is 0 Å². The van der Waals surface area contributed by atoms with Crippen molar-refractivity contribution in [3.05, 3.63) is 53.8 Å². The van der Waals surface area contributed by atoms with Gasteiger partial charge < -0.3 is 5.11 Å². The number of hydrogen-bond acceptors (Lipinski definition) is 3. The van der Waals surface area contributed by atoms with Gasteiger partial charge in [0.1, 0.15) is 10.9 Å². The Morgan fingerprint density at radius 1 is 1.06 bits per heavy atom. The van der Waals surface area contributed by atoms with Crippen LogP contribution in [-0.2, 0) is 0 Å². The van der Waals surface area contributed by atoms with Gasteiger partial charge in [0.2, 0.25) is 0 Å². The molecule has 18 heavy (non-hydrogen) atoms. The standard InChI is InChI=1S/C14H9ClN2O/c15-14-11-5-2-6-16-13(11)8-12(17-14)9-3-1-4-10(18)7-9/h1-8,18H.